The summed E-state index contributed by atoms with van der Waals surface area (Å²) in [5.41, 5.74) is 0.702. The Bertz CT molecular complexity index is 584. The number of rotatable bonds is 2. The number of hydrogen-bond acceptors (Lipinski definition) is 2. The minimum absolute atomic E-state index is 0.0136. The number of nitrogens with zero attached hydrogens (tertiary/aromatic N) is 2. The van der Waals surface area contributed by atoms with Crippen molar-refractivity contribution in [3.63, 3.8) is 0 Å². The van der Waals surface area contributed by atoms with E-state index in [-0.39, 0.29) is 29.6 Å². The number of likely N-dealkylation sites (tertiary alicyclic amines) is 2. The third-order valence-electron chi connectivity index (χ3n) is 4.79. The van der Waals surface area contributed by atoms with Crippen LogP contribution in [0, 0.1) is 11.7 Å². The van der Waals surface area contributed by atoms with Gasteiger partial charge in [-0.3, -0.25) is 9.59 Å². The highest BCUT2D eigenvalue weighted by atomic mass is 19.1. The van der Waals surface area contributed by atoms with E-state index >= 15 is 0 Å². The van der Waals surface area contributed by atoms with Crippen LogP contribution in [-0.4, -0.2) is 41.8 Å². The molecule has 5 heteroatoms. The van der Waals surface area contributed by atoms with Crippen LogP contribution in [0.4, 0.5) is 4.39 Å². The minimum atomic E-state index is -0.370. The highest BCUT2D eigenvalue weighted by molar-refractivity contribution is 5.85. The Hall–Kier alpha value is -1.91. The zero-order chi connectivity index (χ0) is 15.7. The van der Waals surface area contributed by atoms with Gasteiger partial charge in [0, 0.05) is 26.6 Å². The average molecular weight is 304 g/mol. The predicted octanol–water partition coefficient (Wildman–Crippen LogP) is 2.36. The molecule has 4 nitrogen and oxygen atoms in total. The van der Waals surface area contributed by atoms with E-state index in [4.69, 9.17) is 0 Å². The number of halogens is 1. The van der Waals surface area contributed by atoms with Crippen LogP contribution in [-0.2, 0) is 9.59 Å². The second kappa shape index (κ2) is 6.07. The zero-order valence-electron chi connectivity index (χ0n) is 12.8. The normalized spacial score (nSPS) is 25.6. The van der Waals surface area contributed by atoms with Crippen molar-refractivity contribution in [3.05, 3.63) is 35.6 Å². The van der Waals surface area contributed by atoms with E-state index in [1.807, 2.05) is 4.90 Å². The molecule has 0 radical (unpaired) electrons. The number of carbonyl (C=O) groups excluding carboxylic acids is 2. The Morgan fingerprint density at radius 3 is 2.68 bits per heavy atom. The number of benzene rings is 1. The summed E-state index contributed by atoms with van der Waals surface area (Å²) in [6, 6.07) is 5.88. The van der Waals surface area contributed by atoms with Gasteiger partial charge < -0.3 is 9.80 Å². The van der Waals surface area contributed by atoms with Gasteiger partial charge >= 0.3 is 0 Å². The Kier molecular flexibility index (Phi) is 4.14. The summed E-state index contributed by atoms with van der Waals surface area (Å²) in [5.74, 6) is -0.496. The van der Waals surface area contributed by atoms with Gasteiger partial charge in [-0.25, -0.2) is 4.39 Å². The Labute approximate surface area is 129 Å². The van der Waals surface area contributed by atoms with Crippen molar-refractivity contribution in [1.82, 2.24) is 9.80 Å². The lowest BCUT2D eigenvalue weighted by atomic mass is 9.83. The van der Waals surface area contributed by atoms with E-state index < -0.39 is 0 Å². The molecule has 2 fully saturated rings. The van der Waals surface area contributed by atoms with Gasteiger partial charge in [0.15, 0.2) is 0 Å². The molecule has 2 aliphatic heterocycles. The second-order valence-corrected chi connectivity index (χ2v) is 6.18. The maximum absolute atomic E-state index is 13.6. The van der Waals surface area contributed by atoms with E-state index in [1.54, 1.807) is 24.1 Å². The average Bonchev–Trinajstić information content (AvgIpc) is 3.03. The van der Waals surface area contributed by atoms with Gasteiger partial charge in [-0.05, 0) is 37.0 Å². The predicted molar refractivity (Wildman–Crippen MR) is 80.4 cm³/mol. The third kappa shape index (κ3) is 2.72. The van der Waals surface area contributed by atoms with E-state index in [0.29, 0.717) is 18.4 Å². The van der Waals surface area contributed by atoms with Crippen molar-refractivity contribution < 1.29 is 14.0 Å². The van der Waals surface area contributed by atoms with Crippen molar-refractivity contribution in [2.45, 2.75) is 31.7 Å². The van der Waals surface area contributed by atoms with Crippen LogP contribution >= 0.6 is 0 Å². The first-order valence-electron chi connectivity index (χ1n) is 7.88. The topological polar surface area (TPSA) is 40.6 Å². The SMILES string of the molecule is CN1C(=O)CC[C@H](C(=O)N2CCCC2)[C@@H]1c1cccc(F)c1. The summed E-state index contributed by atoms with van der Waals surface area (Å²) >= 11 is 0. The van der Waals surface area contributed by atoms with Gasteiger partial charge in [0.1, 0.15) is 5.82 Å². The van der Waals surface area contributed by atoms with E-state index in [9.17, 15) is 14.0 Å². The standard InChI is InChI=1S/C17H21FN2O2/c1-19-15(21)8-7-14(17(22)20-9-2-3-10-20)16(19)12-5-4-6-13(18)11-12/h4-6,11,14,16H,2-3,7-10H2,1H3/t14-,16-/m0/s1. The van der Waals surface area contributed by atoms with Crippen LogP contribution in [0.2, 0.25) is 0 Å². The molecule has 1 aromatic rings. The molecule has 0 unspecified atom stereocenters. The van der Waals surface area contributed by atoms with Crippen molar-refractivity contribution in [3.8, 4) is 0 Å². The summed E-state index contributed by atoms with van der Waals surface area (Å²) < 4.78 is 13.6. The molecule has 118 valence electrons. The molecule has 2 atom stereocenters. The molecule has 0 aliphatic carbocycles. The lowest BCUT2D eigenvalue weighted by Gasteiger charge is -2.40. The van der Waals surface area contributed by atoms with E-state index in [1.165, 1.54) is 12.1 Å². The first-order chi connectivity index (χ1) is 10.6. The van der Waals surface area contributed by atoms with E-state index in [0.717, 1.165) is 25.9 Å². The summed E-state index contributed by atoms with van der Waals surface area (Å²) in [4.78, 5) is 28.4. The number of amides is 2. The minimum Gasteiger partial charge on any atom is -0.342 e. The van der Waals surface area contributed by atoms with Gasteiger partial charge in [-0.15, -0.1) is 0 Å². The fourth-order valence-corrected chi connectivity index (χ4v) is 3.62. The molecule has 2 amide bonds. The number of hydrogen-bond donors (Lipinski definition) is 0. The smallest absolute Gasteiger partial charge is 0.228 e. The van der Waals surface area contributed by atoms with Gasteiger partial charge in [0.25, 0.3) is 0 Å². The van der Waals surface area contributed by atoms with Gasteiger partial charge in [-0.2, -0.15) is 0 Å². The largest absolute Gasteiger partial charge is 0.342 e. The third-order valence-corrected chi connectivity index (χ3v) is 4.79. The molecule has 3 rings (SSSR count). The van der Waals surface area contributed by atoms with Crippen molar-refractivity contribution in [2.24, 2.45) is 5.92 Å². The summed E-state index contributed by atoms with van der Waals surface area (Å²) in [6.07, 6.45) is 3.00. The van der Waals surface area contributed by atoms with Gasteiger partial charge in [-0.1, -0.05) is 12.1 Å². The van der Waals surface area contributed by atoms with E-state index in [2.05, 4.69) is 0 Å². The number of carbonyl (C=O) groups is 2. The fraction of sp³-hybridized carbons (Fsp3) is 0.529. The lowest BCUT2D eigenvalue weighted by Crippen LogP contribution is -2.47. The van der Waals surface area contributed by atoms with Crippen LogP contribution in [0.5, 0.6) is 0 Å². The molecule has 0 N–H and O–H groups in total. The monoisotopic (exact) mass is 304 g/mol. The van der Waals surface area contributed by atoms with Gasteiger partial charge in [0.05, 0.1) is 12.0 Å². The summed E-state index contributed by atoms with van der Waals surface area (Å²) in [5, 5.41) is 0. The molecule has 0 spiro atoms. The zero-order valence-corrected chi connectivity index (χ0v) is 12.8. The Balaban J connectivity index is 1.92. The molecule has 2 aliphatic rings. The molecule has 0 aromatic heterocycles. The Morgan fingerprint density at radius 1 is 1.27 bits per heavy atom. The number of piperidine rings is 1. The van der Waals surface area contributed by atoms with Crippen LogP contribution in [0.3, 0.4) is 0 Å². The van der Waals surface area contributed by atoms with Crippen molar-refractivity contribution >= 4 is 11.8 Å². The maximum atomic E-state index is 13.6. The first kappa shape index (κ1) is 15.0. The molecule has 1 aromatic carbocycles. The van der Waals surface area contributed by atoms with Crippen LogP contribution in [0.1, 0.15) is 37.3 Å². The molecule has 0 bridgehead atoms. The molecule has 2 heterocycles. The quantitative estimate of drug-likeness (QED) is 0.841. The van der Waals surface area contributed by atoms with Crippen LogP contribution in [0.15, 0.2) is 24.3 Å². The van der Waals surface area contributed by atoms with Crippen LogP contribution < -0.4 is 0 Å². The molecular weight excluding hydrogens is 283 g/mol. The maximum Gasteiger partial charge on any atom is 0.228 e. The molecule has 22 heavy (non-hydrogen) atoms. The fourth-order valence-electron chi connectivity index (χ4n) is 3.62. The molecule has 2 saturated heterocycles. The van der Waals surface area contributed by atoms with Gasteiger partial charge in [0.2, 0.25) is 11.8 Å². The first-order valence-corrected chi connectivity index (χ1v) is 7.88. The van der Waals surface area contributed by atoms with Crippen LogP contribution in [0.25, 0.3) is 0 Å². The summed E-state index contributed by atoms with van der Waals surface area (Å²) in [6.45, 7) is 1.59. The lowest BCUT2D eigenvalue weighted by molar-refractivity contribution is -0.146. The highest BCUT2D eigenvalue weighted by Crippen LogP contribution is 2.37. The summed E-state index contributed by atoms with van der Waals surface area (Å²) in [7, 11) is 1.71. The Morgan fingerprint density at radius 2 is 2.00 bits per heavy atom. The highest BCUT2D eigenvalue weighted by Gasteiger charge is 2.41. The van der Waals surface area contributed by atoms with Crippen molar-refractivity contribution in [1.29, 1.82) is 0 Å². The molecule has 0 saturated carbocycles. The second-order valence-electron chi connectivity index (χ2n) is 6.18. The molecular formula is C17H21FN2O2. The van der Waals surface area contributed by atoms with Crippen molar-refractivity contribution in [2.75, 3.05) is 20.1 Å².